The monoisotopic (exact) mass is 1090 g/mol. The summed E-state index contributed by atoms with van der Waals surface area (Å²) in [5.74, 6) is -3.61. The summed E-state index contributed by atoms with van der Waals surface area (Å²) in [5, 5.41) is 19.6. The van der Waals surface area contributed by atoms with Gasteiger partial charge in [-0.05, 0) is 65.0 Å². The Morgan fingerprint density at radius 3 is 1.48 bits per heavy atom. The molecule has 0 saturated carbocycles. The molecule has 5 aromatic carbocycles. The molecule has 0 bridgehead atoms. The third-order valence-electron chi connectivity index (χ3n) is 13.2. The van der Waals surface area contributed by atoms with Crippen LogP contribution in [0.5, 0.6) is 0 Å². The van der Waals surface area contributed by atoms with Crippen molar-refractivity contribution >= 4 is 23.9 Å². The minimum absolute atomic E-state index is 0.0691. The summed E-state index contributed by atoms with van der Waals surface area (Å²) < 4.78 is 75.5. The number of ether oxygens (including phenoxy) is 12. The summed E-state index contributed by atoms with van der Waals surface area (Å²) in [6, 6.07) is 38.8. The number of azide groups is 2. The second kappa shape index (κ2) is 28.2. The fourth-order valence-electron chi connectivity index (χ4n) is 9.31. The number of carbonyl (C=O) groups excluding carboxylic acids is 4. The van der Waals surface area contributed by atoms with E-state index in [-0.39, 0.29) is 36.3 Å². The van der Waals surface area contributed by atoms with Gasteiger partial charge in [0, 0.05) is 16.9 Å². The fourth-order valence-corrected chi connectivity index (χ4v) is 9.31. The van der Waals surface area contributed by atoms with Crippen molar-refractivity contribution in [3.8, 4) is 0 Å². The average molecular weight is 1090 g/mol. The maximum absolute atomic E-state index is 14.5. The van der Waals surface area contributed by atoms with Gasteiger partial charge in [0.2, 0.25) is 0 Å². The number of esters is 4. The van der Waals surface area contributed by atoms with Crippen molar-refractivity contribution in [1.29, 1.82) is 0 Å². The Labute approximate surface area is 453 Å². The highest BCUT2D eigenvalue weighted by atomic mass is 16.8. The average Bonchev–Trinajstić information content (AvgIpc) is 3.60. The molecule has 3 saturated heterocycles. The van der Waals surface area contributed by atoms with Crippen molar-refractivity contribution in [2.24, 2.45) is 10.2 Å². The van der Waals surface area contributed by atoms with Gasteiger partial charge in [-0.2, -0.15) is 0 Å². The van der Waals surface area contributed by atoms with Crippen molar-refractivity contribution in [3.63, 3.8) is 0 Å². The summed E-state index contributed by atoms with van der Waals surface area (Å²) >= 11 is 0. The predicted octanol–water partition coefficient (Wildman–Crippen LogP) is 7.36. The molecule has 15 atom stereocenters. The molecule has 0 radical (unpaired) electrons. The van der Waals surface area contributed by atoms with E-state index < -0.39 is 122 Å². The topological polar surface area (TPSA) is 297 Å². The zero-order valence-corrected chi connectivity index (χ0v) is 43.1. The summed E-state index contributed by atoms with van der Waals surface area (Å²) in [6.07, 6.45) is -20.4. The lowest BCUT2D eigenvalue weighted by Gasteiger charge is -2.50. The maximum atomic E-state index is 14.5. The van der Waals surface area contributed by atoms with E-state index in [2.05, 4.69) is 20.1 Å². The number of hydrogen-bond acceptors (Lipinski definition) is 19. The molecular formula is C56H58N6O17. The highest BCUT2D eigenvalue weighted by Gasteiger charge is 2.59. The lowest BCUT2D eigenvalue weighted by Crippen LogP contribution is -2.68. The zero-order chi connectivity index (χ0) is 55.7. The lowest BCUT2D eigenvalue weighted by atomic mass is 9.93. The summed E-state index contributed by atoms with van der Waals surface area (Å²) in [7, 11) is 2.39. The number of aliphatic hydroxyl groups is 1. The van der Waals surface area contributed by atoms with Gasteiger partial charge in [0.1, 0.15) is 61.4 Å². The predicted molar refractivity (Wildman–Crippen MR) is 275 cm³/mol. The Bertz CT molecular complexity index is 2870. The number of hydrogen-bond donors (Lipinski definition) is 1. The van der Waals surface area contributed by atoms with Crippen LogP contribution in [0, 0.1) is 0 Å². The SMILES string of the molecule is CCC1O[C@@H](O[C@H]2C(C(=O)OC)O[C@@H](O[C@H]3C(COC(=O)c4ccccc4)O[C@@H](OC)C(N=[N+]=[N-])[C@H]3OCc3ccccc3)C(OC(=O)c3ccccc3)[C@@H]2OCc2ccccc2)C(N=[N+]=[N-])[C@@H](OC(=O)c2ccccc2)[C@H]1O. The molecular weight excluding hydrogens is 1030 g/mol. The molecule has 0 aliphatic carbocycles. The quantitative estimate of drug-likeness (QED) is 0.0233. The van der Waals surface area contributed by atoms with Gasteiger partial charge in [-0.25, -0.2) is 19.2 Å². The van der Waals surface area contributed by atoms with Crippen molar-refractivity contribution < 1.29 is 81.1 Å². The Balaban J connectivity index is 1.24. The van der Waals surface area contributed by atoms with Gasteiger partial charge in [-0.15, -0.1) is 0 Å². The number of benzene rings is 5. The van der Waals surface area contributed by atoms with Crippen LogP contribution >= 0.6 is 0 Å². The molecule has 0 aromatic heterocycles. The second-order valence-electron chi connectivity index (χ2n) is 18.2. The third-order valence-corrected chi connectivity index (χ3v) is 13.2. The second-order valence-corrected chi connectivity index (χ2v) is 18.2. The number of nitrogens with zero attached hydrogens (tertiary/aromatic N) is 6. The van der Waals surface area contributed by atoms with Gasteiger partial charge in [0.05, 0.1) is 43.1 Å². The molecule has 79 heavy (non-hydrogen) atoms. The Morgan fingerprint density at radius 1 is 0.532 bits per heavy atom. The number of rotatable bonds is 22. The van der Waals surface area contributed by atoms with E-state index in [0.717, 1.165) is 7.11 Å². The van der Waals surface area contributed by atoms with Crippen molar-refractivity contribution in [2.75, 3.05) is 20.8 Å². The van der Waals surface area contributed by atoms with Crippen LogP contribution in [0.1, 0.15) is 55.5 Å². The van der Waals surface area contributed by atoms with Gasteiger partial charge in [-0.3, -0.25) is 0 Å². The smallest absolute Gasteiger partial charge is 0.338 e. The summed E-state index contributed by atoms with van der Waals surface area (Å²) in [6.45, 7) is 0.825. The van der Waals surface area contributed by atoms with Crippen LogP contribution in [-0.2, 0) is 74.9 Å². The van der Waals surface area contributed by atoms with Crippen LogP contribution in [0.2, 0.25) is 0 Å². The van der Waals surface area contributed by atoms with Gasteiger partial charge >= 0.3 is 23.9 Å². The van der Waals surface area contributed by atoms with Crippen LogP contribution in [0.4, 0.5) is 0 Å². The van der Waals surface area contributed by atoms with Crippen LogP contribution in [0.25, 0.3) is 20.9 Å². The molecule has 23 nitrogen and oxygen atoms in total. The first-order chi connectivity index (χ1) is 38.5. The van der Waals surface area contributed by atoms with E-state index in [1.807, 2.05) is 6.07 Å². The van der Waals surface area contributed by atoms with Gasteiger partial charge in [-0.1, -0.05) is 132 Å². The van der Waals surface area contributed by atoms with E-state index in [0.29, 0.717) is 11.1 Å². The number of aliphatic hydroxyl groups excluding tert-OH is 1. The lowest BCUT2D eigenvalue weighted by molar-refractivity contribution is -0.365. The Hall–Kier alpha value is -7.76. The standard InChI is InChI=1S/C56H58N6O17/c1-4-38-42(63)44(75-51(65)36-26-16-8-17-27-36)40(59-61-57)55(73-38)78-47-46(71-31-34-22-12-6-13-23-34)49(76-52(66)37-28-18-9-19-29-37)56(79-48(47)53(67)68-2)77-43-39(32-72-50(64)35-24-14-7-15-25-35)74-54(69-3)41(60-62-58)45(43)70-30-33-20-10-5-11-21-33/h5-29,38-49,54-56,63H,4,30-32H2,1-3H3/t38?,39?,40?,41?,42-,43-,44+,45+,46+,47+,48?,49?,54+,55-,56+/m0/s1. The molecule has 0 spiro atoms. The van der Waals surface area contributed by atoms with Crippen LogP contribution in [-0.4, -0.2) is 142 Å². The number of methoxy groups -OCH3 is 2. The zero-order valence-electron chi connectivity index (χ0n) is 43.1. The Kier molecular flexibility index (Phi) is 20.5. The van der Waals surface area contributed by atoms with Crippen molar-refractivity contribution in [3.05, 3.63) is 200 Å². The first kappa shape index (κ1) is 57.4. The fraction of sp³-hybridized carbons (Fsp3) is 0.393. The van der Waals surface area contributed by atoms with Gasteiger partial charge in [0.25, 0.3) is 0 Å². The summed E-state index contributed by atoms with van der Waals surface area (Å²) in [4.78, 5) is 62.2. The van der Waals surface area contributed by atoms with Gasteiger partial charge < -0.3 is 61.9 Å². The molecule has 1 N–H and O–H groups in total. The minimum Gasteiger partial charge on any atom is -0.467 e. The van der Waals surface area contributed by atoms with Crippen LogP contribution in [0.15, 0.2) is 162 Å². The van der Waals surface area contributed by atoms with E-state index in [4.69, 9.17) is 56.8 Å². The molecule has 3 aliphatic heterocycles. The normalized spacial score (nSPS) is 28.4. The molecule has 3 heterocycles. The molecule has 23 heteroatoms. The van der Waals surface area contributed by atoms with E-state index in [1.165, 1.54) is 31.4 Å². The van der Waals surface area contributed by atoms with Crippen molar-refractivity contribution in [2.45, 2.75) is 119 Å². The maximum Gasteiger partial charge on any atom is 0.338 e. The van der Waals surface area contributed by atoms with E-state index in [1.54, 1.807) is 128 Å². The highest BCUT2D eigenvalue weighted by Crippen LogP contribution is 2.39. The number of carbonyl (C=O) groups is 4. The molecule has 8 rings (SSSR count). The molecule has 0 amide bonds. The van der Waals surface area contributed by atoms with Crippen LogP contribution in [0.3, 0.4) is 0 Å². The van der Waals surface area contributed by atoms with Crippen LogP contribution < -0.4 is 0 Å². The minimum atomic E-state index is -1.91. The molecule has 414 valence electrons. The highest BCUT2D eigenvalue weighted by molar-refractivity contribution is 5.90. The van der Waals surface area contributed by atoms with E-state index in [9.17, 15) is 35.3 Å². The Morgan fingerprint density at radius 2 is 0.987 bits per heavy atom. The van der Waals surface area contributed by atoms with Gasteiger partial charge in [0.15, 0.2) is 31.1 Å². The molecule has 5 aromatic rings. The molecule has 3 fully saturated rings. The largest absolute Gasteiger partial charge is 0.467 e. The first-order valence-corrected chi connectivity index (χ1v) is 25.2. The summed E-state index contributed by atoms with van der Waals surface area (Å²) in [5.41, 5.74) is 21.7. The first-order valence-electron chi connectivity index (χ1n) is 25.2. The molecule has 6 unspecified atom stereocenters. The van der Waals surface area contributed by atoms with Crippen molar-refractivity contribution in [1.82, 2.24) is 0 Å². The third kappa shape index (κ3) is 14.3. The molecule has 3 aliphatic rings. The van der Waals surface area contributed by atoms with E-state index >= 15 is 0 Å².